The normalized spacial score (nSPS) is 39.4. The zero-order chi connectivity index (χ0) is 16.2. The molecule has 1 aliphatic rings. The van der Waals surface area contributed by atoms with Crippen molar-refractivity contribution >= 4 is 17.4 Å². The number of carbonyl (C=O) groups is 1. The third-order valence-electron chi connectivity index (χ3n) is 2.74. The van der Waals surface area contributed by atoms with Crippen LogP contribution < -0.4 is 5.73 Å². The molecule has 1 fully saturated rings. The van der Waals surface area contributed by atoms with Gasteiger partial charge in [0.2, 0.25) is 0 Å². The molecular weight excluding hydrogens is 226 g/mol. The second-order valence-corrected chi connectivity index (χ2v) is 4.17. The van der Waals surface area contributed by atoms with E-state index in [1.165, 1.54) is 0 Å². The lowest BCUT2D eigenvalue weighted by molar-refractivity contribution is -0.136. The van der Waals surface area contributed by atoms with Gasteiger partial charge in [-0.2, -0.15) is 0 Å². The molecule has 1 aliphatic carbocycles. The summed E-state index contributed by atoms with van der Waals surface area (Å²) in [6.07, 6.45) is -2.14. The first-order chi connectivity index (χ1) is 9.54. The number of hydrogen-bond donors (Lipinski definition) is 2. The molecule has 1 saturated carbocycles. The molecule has 0 saturated heterocycles. The van der Waals surface area contributed by atoms with Crippen LogP contribution >= 0.6 is 11.6 Å². The van der Waals surface area contributed by atoms with Gasteiger partial charge < -0.3 is 10.8 Å². The van der Waals surface area contributed by atoms with E-state index >= 15 is 0 Å². The zero-order valence-electron chi connectivity index (χ0n) is 13.4. The lowest BCUT2D eigenvalue weighted by atomic mass is 9.75. The van der Waals surface area contributed by atoms with Crippen LogP contribution in [-0.4, -0.2) is 17.0 Å². The van der Waals surface area contributed by atoms with Gasteiger partial charge in [-0.05, 0) is 30.9 Å². The quantitative estimate of drug-likeness (QED) is 0.789. The Morgan fingerprint density at radius 3 is 3.06 bits per heavy atom. The Kier molecular flexibility index (Phi) is 1.76. The van der Waals surface area contributed by atoms with Crippen LogP contribution in [0.5, 0.6) is 0 Å². The van der Waals surface area contributed by atoms with Crippen LogP contribution in [0.4, 0.5) is 0 Å². The first-order valence-corrected chi connectivity index (χ1v) is 5.24. The smallest absolute Gasteiger partial charge is 0.185 e. The maximum Gasteiger partial charge on any atom is 0.185 e. The monoisotopic (exact) mass is 244 g/mol. The summed E-state index contributed by atoms with van der Waals surface area (Å²) >= 11 is 5.97. The largest absolute Gasteiger partial charge is 0.385 e. The maximum absolute atomic E-state index is 12.3. The average Bonchev–Trinajstić information content (AvgIpc) is 2.40. The molecule has 1 aromatic carbocycles. The summed E-state index contributed by atoms with van der Waals surface area (Å²) in [6, 6.07) is -2.10. The number of rotatable bonds is 1. The number of carbonyl (C=O) groups excluding carboxylic acids is 1. The molecule has 3 N–H and O–H groups in total. The molecule has 3 nitrogen and oxygen atoms in total. The van der Waals surface area contributed by atoms with Gasteiger partial charge in [0.05, 0.1) is 6.85 Å². The Morgan fingerprint density at radius 2 is 2.31 bits per heavy atom. The topological polar surface area (TPSA) is 63.3 Å². The van der Waals surface area contributed by atoms with E-state index in [1.807, 2.05) is 0 Å². The van der Waals surface area contributed by atoms with Crippen LogP contribution in [0.3, 0.4) is 0 Å². The van der Waals surface area contributed by atoms with Crippen molar-refractivity contribution in [1.82, 2.24) is 0 Å². The van der Waals surface area contributed by atoms with Crippen molar-refractivity contribution < 1.29 is 16.8 Å². The molecule has 1 aromatic rings. The summed E-state index contributed by atoms with van der Waals surface area (Å²) in [4.78, 5) is 12.3. The van der Waals surface area contributed by atoms with Crippen LogP contribution in [0.25, 0.3) is 0 Å². The number of halogens is 1. The van der Waals surface area contributed by atoms with E-state index in [-0.39, 0.29) is 29.8 Å². The van der Waals surface area contributed by atoms with Gasteiger partial charge in [-0.1, -0.05) is 29.7 Å². The van der Waals surface area contributed by atoms with E-state index in [0.717, 1.165) is 0 Å². The SMILES string of the molecule is [2H]c1c([2H])c([2H])c(C2(N)CCCC([2H])(O)C2=O)c(Cl)c1[2H]. The van der Waals surface area contributed by atoms with Crippen molar-refractivity contribution in [3.05, 3.63) is 34.8 Å². The maximum atomic E-state index is 12.3. The van der Waals surface area contributed by atoms with Crippen molar-refractivity contribution in [3.63, 3.8) is 0 Å². The third kappa shape index (κ3) is 1.75. The molecule has 4 heteroatoms. The first-order valence-electron chi connectivity index (χ1n) is 7.36. The molecule has 0 aliphatic heterocycles. The van der Waals surface area contributed by atoms with Gasteiger partial charge in [-0.3, -0.25) is 4.79 Å². The summed E-state index contributed by atoms with van der Waals surface area (Å²) in [7, 11) is 0. The van der Waals surface area contributed by atoms with Gasteiger partial charge in [-0.25, -0.2) is 0 Å². The van der Waals surface area contributed by atoms with E-state index in [2.05, 4.69) is 0 Å². The van der Waals surface area contributed by atoms with Crippen molar-refractivity contribution in [2.24, 2.45) is 5.73 Å². The van der Waals surface area contributed by atoms with Gasteiger partial charge in [0, 0.05) is 5.02 Å². The lowest BCUT2D eigenvalue weighted by Crippen LogP contribution is -2.52. The van der Waals surface area contributed by atoms with Gasteiger partial charge >= 0.3 is 0 Å². The Hall–Kier alpha value is -0.900. The van der Waals surface area contributed by atoms with Crippen molar-refractivity contribution in [2.45, 2.75) is 30.9 Å². The second-order valence-electron chi connectivity index (χ2n) is 3.79. The predicted molar refractivity (Wildman–Crippen MR) is 62.2 cm³/mol. The number of aliphatic hydroxyl groups is 1. The van der Waals surface area contributed by atoms with Gasteiger partial charge in [-0.15, -0.1) is 0 Å². The van der Waals surface area contributed by atoms with Crippen molar-refractivity contribution in [1.29, 1.82) is 0 Å². The van der Waals surface area contributed by atoms with Crippen LogP contribution in [0.2, 0.25) is 5.02 Å². The molecule has 0 radical (unpaired) electrons. The Bertz CT molecular complexity index is 608. The summed E-state index contributed by atoms with van der Waals surface area (Å²) in [6.45, 7) is 0. The average molecular weight is 245 g/mol. The van der Waals surface area contributed by atoms with Gasteiger partial charge in [0.25, 0.3) is 0 Å². The van der Waals surface area contributed by atoms with E-state index in [0.29, 0.717) is 0 Å². The number of nitrogens with two attached hydrogens (primary N) is 1. The highest BCUT2D eigenvalue weighted by atomic mass is 35.5. The van der Waals surface area contributed by atoms with E-state index in [4.69, 9.17) is 24.2 Å². The Morgan fingerprint density at radius 1 is 1.62 bits per heavy atom. The van der Waals surface area contributed by atoms with Crippen LogP contribution in [-0.2, 0) is 10.3 Å². The van der Waals surface area contributed by atoms with Gasteiger partial charge in [0.1, 0.15) is 11.6 Å². The van der Waals surface area contributed by atoms with E-state index < -0.39 is 41.6 Å². The molecule has 2 atom stereocenters. The molecule has 2 rings (SSSR count). The predicted octanol–water partition coefficient (Wildman–Crippen LogP) is 1.61. The lowest BCUT2D eigenvalue weighted by Gasteiger charge is -2.35. The van der Waals surface area contributed by atoms with E-state index in [9.17, 15) is 9.90 Å². The summed E-state index contributed by atoms with van der Waals surface area (Å²) in [5.74, 6) is -1.01. The molecule has 0 spiro atoms. The summed E-state index contributed by atoms with van der Waals surface area (Å²) < 4.78 is 38.4. The molecule has 0 bridgehead atoms. The fraction of sp³-hybridized carbons (Fsp3) is 0.417. The number of ketones is 1. The Labute approximate surface area is 106 Å². The molecule has 0 amide bonds. The third-order valence-corrected chi connectivity index (χ3v) is 3.02. The standard InChI is InChI=1S/C12H14ClNO2/c13-9-5-2-1-4-8(9)12(14)7-3-6-10(15)11(12)16/h1-2,4-5,10,15H,3,6-7,14H2/i1D,2D,4D,5D,10D. The summed E-state index contributed by atoms with van der Waals surface area (Å²) in [5, 5.41) is 9.46. The minimum atomic E-state index is -2.38. The van der Waals surface area contributed by atoms with Crippen molar-refractivity contribution in [2.75, 3.05) is 0 Å². The molecule has 2 unspecified atom stereocenters. The number of Topliss-reactive ketones (excluding diaryl/α,β-unsaturated/α-hetero) is 1. The minimum Gasteiger partial charge on any atom is -0.385 e. The van der Waals surface area contributed by atoms with Crippen LogP contribution in [0.1, 0.15) is 31.7 Å². The minimum absolute atomic E-state index is 0.0504. The van der Waals surface area contributed by atoms with Crippen LogP contribution in [0.15, 0.2) is 24.2 Å². The molecular formula is C12H14ClNO2. The first kappa shape index (κ1) is 6.74. The summed E-state index contributed by atoms with van der Waals surface area (Å²) in [5.41, 5.74) is 3.87. The number of hydrogen-bond acceptors (Lipinski definition) is 3. The second kappa shape index (κ2) is 4.17. The highest BCUT2D eigenvalue weighted by molar-refractivity contribution is 6.31. The van der Waals surface area contributed by atoms with Crippen LogP contribution in [0, 0.1) is 0 Å². The van der Waals surface area contributed by atoms with E-state index in [1.54, 1.807) is 0 Å². The molecule has 0 aromatic heterocycles. The highest BCUT2D eigenvalue weighted by Crippen LogP contribution is 2.35. The fourth-order valence-electron chi connectivity index (χ4n) is 1.86. The molecule has 86 valence electrons. The molecule has 16 heavy (non-hydrogen) atoms. The molecule has 0 heterocycles. The fourth-order valence-corrected chi connectivity index (χ4v) is 2.13. The van der Waals surface area contributed by atoms with Gasteiger partial charge in [0.15, 0.2) is 5.78 Å². The van der Waals surface area contributed by atoms with Crippen molar-refractivity contribution in [3.8, 4) is 0 Å². The number of benzene rings is 1. The highest BCUT2D eigenvalue weighted by Gasteiger charge is 2.43. The Balaban J connectivity index is 2.74. The zero-order valence-corrected chi connectivity index (χ0v) is 9.19.